The van der Waals surface area contributed by atoms with Gasteiger partial charge in [0.2, 0.25) is 0 Å². The molecular weight excluding hydrogens is 366 g/mol. The predicted octanol–water partition coefficient (Wildman–Crippen LogP) is 3.19. The Morgan fingerprint density at radius 3 is 2.69 bits per heavy atom. The van der Waals surface area contributed by atoms with Gasteiger partial charge in [-0.3, -0.25) is 9.69 Å². The fourth-order valence-corrected chi connectivity index (χ4v) is 5.61. The third kappa shape index (κ3) is 4.42. The number of hydrogen-bond acceptors (Lipinski definition) is 3. The summed E-state index contributed by atoms with van der Waals surface area (Å²) < 4.78 is 0. The first-order chi connectivity index (χ1) is 14.1. The summed E-state index contributed by atoms with van der Waals surface area (Å²) in [5.41, 5.74) is 0.631. The van der Waals surface area contributed by atoms with Gasteiger partial charge in [-0.15, -0.1) is 0 Å². The molecule has 4 rings (SSSR count). The van der Waals surface area contributed by atoms with E-state index in [4.69, 9.17) is 0 Å². The lowest BCUT2D eigenvalue weighted by Crippen LogP contribution is -2.44. The summed E-state index contributed by atoms with van der Waals surface area (Å²) >= 11 is 0. The average molecular weight is 400 g/mol. The first-order valence-electron chi connectivity index (χ1n) is 11.1. The molecule has 2 heterocycles. The Labute approximate surface area is 173 Å². The zero-order valence-electron chi connectivity index (χ0n) is 17.2. The SMILES string of the molecule is O=C(NCC1CCCCN(Cc2ccccc2)C1)N1C[C@@H]2CCC[C@@]2(C(=O)O)C1. The first-order valence-corrected chi connectivity index (χ1v) is 11.1. The van der Waals surface area contributed by atoms with Gasteiger partial charge in [-0.2, -0.15) is 0 Å². The molecule has 158 valence electrons. The second-order valence-corrected chi connectivity index (χ2v) is 9.20. The van der Waals surface area contributed by atoms with Crippen molar-refractivity contribution in [3.8, 4) is 0 Å². The minimum Gasteiger partial charge on any atom is -0.481 e. The van der Waals surface area contributed by atoms with E-state index in [0.717, 1.165) is 38.9 Å². The van der Waals surface area contributed by atoms with Crippen molar-refractivity contribution in [2.45, 2.75) is 45.1 Å². The fraction of sp³-hybridized carbons (Fsp3) is 0.652. The van der Waals surface area contributed by atoms with Crippen LogP contribution in [-0.4, -0.2) is 59.6 Å². The zero-order chi connectivity index (χ0) is 20.3. The van der Waals surface area contributed by atoms with Gasteiger partial charge in [0.25, 0.3) is 0 Å². The summed E-state index contributed by atoms with van der Waals surface area (Å²) in [7, 11) is 0. The number of likely N-dealkylation sites (tertiary alicyclic amines) is 2. The number of fused-ring (bicyclic) bond motifs is 1. The number of amides is 2. The number of carboxylic acids is 1. The molecule has 1 saturated carbocycles. The number of carboxylic acid groups (broad SMARTS) is 1. The van der Waals surface area contributed by atoms with Gasteiger partial charge in [-0.05, 0) is 49.6 Å². The Morgan fingerprint density at radius 1 is 1.10 bits per heavy atom. The van der Waals surface area contributed by atoms with Crippen LogP contribution in [0, 0.1) is 17.3 Å². The lowest BCUT2D eigenvalue weighted by atomic mass is 9.81. The molecular formula is C23H33N3O3. The summed E-state index contributed by atoms with van der Waals surface area (Å²) in [6.45, 7) is 4.68. The maximum absolute atomic E-state index is 12.8. The molecule has 1 aromatic rings. The molecule has 6 heteroatoms. The van der Waals surface area contributed by atoms with Crippen LogP contribution in [0.15, 0.2) is 30.3 Å². The van der Waals surface area contributed by atoms with E-state index >= 15 is 0 Å². The number of carbonyl (C=O) groups is 2. The third-order valence-corrected chi connectivity index (χ3v) is 7.23. The summed E-state index contributed by atoms with van der Waals surface area (Å²) in [6, 6.07) is 10.5. The lowest BCUT2D eigenvalue weighted by molar-refractivity contribution is -0.149. The highest BCUT2D eigenvalue weighted by atomic mass is 16.4. The van der Waals surface area contributed by atoms with Crippen LogP contribution in [-0.2, 0) is 11.3 Å². The Bertz CT molecular complexity index is 725. The van der Waals surface area contributed by atoms with Gasteiger partial charge in [-0.25, -0.2) is 4.79 Å². The van der Waals surface area contributed by atoms with E-state index < -0.39 is 11.4 Å². The molecule has 6 nitrogen and oxygen atoms in total. The number of nitrogens with zero attached hydrogens (tertiary/aromatic N) is 2. The quantitative estimate of drug-likeness (QED) is 0.798. The number of carbonyl (C=O) groups excluding carboxylic acids is 1. The van der Waals surface area contributed by atoms with E-state index in [9.17, 15) is 14.7 Å². The second kappa shape index (κ2) is 8.74. The molecule has 29 heavy (non-hydrogen) atoms. The van der Waals surface area contributed by atoms with Crippen molar-refractivity contribution >= 4 is 12.0 Å². The minimum atomic E-state index is -0.726. The van der Waals surface area contributed by atoms with Gasteiger partial charge in [0, 0.05) is 32.7 Å². The third-order valence-electron chi connectivity index (χ3n) is 7.23. The van der Waals surface area contributed by atoms with E-state index in [2.05, 4.69) is 34.5 Å². The summed E-state index contributed by atoms with van der Waals surface area (Å²) in [4.78, 5) is 28.8. The van der Waals surface area contributed by atoms with Crippen molar-refractivity contribution in [3.05, 3.63) is 35.9 Å². The molecule has 2 N–H and O–H groups in total. The van der Waals surface area contributed by atoms with Crippen molar-refractivity contribution in [3.63, 3.8) is 0 Å². The number of benzene rings is 1. The van der Waals surface area contributed by atoms with E-state index in [1.54, 1.807) is 4.90 Å². The number of rotatable bonds is 5. The second-order valence-electron chi connectivity index (χ2n) is 9.20. The van der Waals surface area contributed by atoms with Crippen molar-refractivity contribution < 1.29 is 14.7 Å². The number of nitrogens with one attached hydrogen (secondary N) is 1. The molecule has 2 aliphatic heterocycles. The Hall–Kier alpha value is -2.08. The van der Waals surface area contributed by atoms with Crippen molar-refractivity contribution in [2.75, 3.05) is 32.7 Å². The molecule has 3 atom stereocenters. The Morgan fingerprint density at radius 2 is 1.93 bits per heavy atom. The average Bonchev–Trinajstić information content (AvgIpc) is 3.20. The van der Waals surface area contributed by atoms with Crippen LogP contribution >= 0.6 is 0 Å². The molecule has 0 spiro atoms. The van der Waals surface area contributed by atoms with E-state index in [1.807, 2.05) is 6.07 Å². The lowest BCUT2D eigenvalue weighted by Gasteiger charge is -2.26. The standard InChI is InChI=1S/C23H33N3O3/c27-21(28)23-11-6-10-20(23)16-26(17-23)22(29)24-13-19-9-4-5-12-25(15-19)14-18-7-2-1-3-8-18/h1-3,7-8,19-20H,4-6,9-17H2,(H,24,29)(H,27,28)/t19?,20-,23+/m0/s1. The van der Waals surface area contributed by atoms with Crippen LogP contribution < -0.4 is 5.32 Å². The number of aliphatic carboxylic acids is 1. The topological polar surface area (TPSA) is 72.9 Å². The van der Waals surface area contributed by atoms with Crippen LogP contribution in [0.2, 0.25) is 0 Å². The van der Waals surface area contributed by atoms with Crippen molar-refractivity contribution in [2.24, 2.45) is 17.3 Å². The largest absolute Gasteiger partial charge is 0.481 e. The molecule has 2 amide bonds. The van der Waals surface area contributed by atoms with Crippen LogP contribution in [0.3, 0.4) is 0 Å². The normalized spacial score (nSPS) is 30.0. The summed E-state index contributed by atoms with van der Waals surface area (Å²) in [5.74, 6) is -0.165. The van der Waals surface area contributed by atoms with Crippen molar-refractivity contribution in [1.82, 2.24) is 15.1 Å². The highest BCUT2D eigenvalue weighted by Gasteiger charge is 2.55. The smallest absolute Gasteiger partial charge is 0.317 e. The molecule has 3 aliphatic rings. The molecule has 2 saturated heterocycles. The van der Waals surface area contributed by atoms with Crippen LogP contribution in [0.4, 0.5) is 4.79 Å². The van der Waals surface area contributed by atoms with E-state index in [1.165, 1.54) is 18.4 Å². The molecule has 1 aromatic carbocycles. The predicted molar refractivity (Wildman–Crippen MR) is 111 cm³/mol. The van der Waals surface area contributed by atoms with E-state index in [0.29, 0.717) is 32.0 Å². The molecule has 0 aromatic heterocycles. The highest BCUT2D eigenvalue weighted by molar-refractivity contribution is 5.80. The number of urea groups is 1. The maximum Gasteiger partial charge on any atom is 0.317 e. The summed E-state index contributed by atoms with van der Waals surface area (Å²) in [5, 5.41) is 12.8. The number of hydrogen-bond donors (Lipinski definition) is 2. The van der Waals surface area contributed by atoms with Crippen LogP contribution in [0.1, 0.15) is 44.1 Å². The molecule has 0 radical (unpaired) electrons. The van der Waals surface area contributed by atoms with Crippen LogP contribution in [0.5, 0.6) is 0 Å². The molecule has 0 bridgehead atoms. The van der Waals surface area contributed by atoms with Gasteiger partial charge >= 0.3 is 12.0 Å². The first kappa shape index (κ1) is 20.2. The highest BCUT2D eigenvalue weighted by Crippen LogP contribution is 2.48. The minimum absolute atomic E-state index is 0.0844. The van der Waals surface area contributed by atoms with Gasteiger partial charge in [0.05, 0.1) is 5.41 Å². The van der Waals surface area contributed by atoms with Crippen LogP contribution in [0.25, 0.3) is 0 Å². The van der Waals surface area contributed by atoms with E-state index in [-0.39, 0.29) is 11.9 Å². The van der Waals surface area contributed by atoms with Gasteiger partial charge in [-0.1, -0.05) is 43.2 Å². The van der Waals surface area contributed by atoms with Crippen molar-refractivity contribution in [1.29, 1.82) is 0 Å². The fourth-order valence-electron chi connectivity index (χ4n) is 5.61. The van der Waals surface area contributed by atoms with Gasteiger partial charge in [0.1, 0.15) is 0 Å². The molecule has 1 aliphatic carbocycles. The Balaban J connectivity index is 1.29. The van der Waals surface area contributed by atoms with Gasteiger partial charge in [0.15, 0.2) is 0 Å². The monoisotopic (exact) mass is 399 g/mol. The molecule has 1 unspecified atom stereocenters. The Kier molecular flexibility index (Phi) is 6.09. The summed E-state index contributed by atoms with van der Waals surface area (Å²) in [6.07, 6.45) is 6.12. The van der Waals surface area contributed by atoms with Gasteiger partial charge < -0.3 is 15.3 Å². The maximum atomic E-state index is 12.8. The zero-order valence-corrected chi connectivity index (χ0v) is 17.2. The molecule has 3 fully saturated rings.